The molecule has 0 saturated heterocycles. The highest BCUT2D eigenvalue weighted by Crippen LogP contribution is 2.30. The monoisotopic (exact) mass is 377 g/mol. The van der Waals surface area contributed by atoms with E-state index in [0.717, 1.165) is 18.4 Å². The lowest BCUT2D eigenvalue weighted by Crippen LogP contribution is -2.13. The maximum Gasteiger partial charge on any atom is 0.262 e. The molecule has 0 saturated carbocycles. The number of aryl methyl sites for hydroxylation is 1. The van der Waals surface area contributed by atoms with Crippen molar-refractivity contribution in [3.05, 3.63) is 48.0 Å². The SMILES string of the molecule is CCCCCCc1ccc(S(=O)(=O)Nc2ccc(OC)cc2OC)cc1. The average molecular weight is 378 g/mol. The van der Waals surface area contributed by atoms with Gasteiger partial charge in [0.25, 0.3) is 10.0 Å². The fourth-order valence-electron chi connectivity index (χ4n) is 2.68. The first-order valence-electron chi connectivity index (χ1n) is 8.84. The van der Waals surface area contributed by atoms with Crippen molar-refractivity contribution in [2.45, 2.75) is 43.9 Å². The van der Waals surface area contributed by atoms with Crippen molar-refractivity contribution in [3.8, 4) is 11.5 Å². The molecule has 1 N–H and O–H groups in total. The predicted octanol–water partition coefficient (Wildman–Crippen LogP) is 4.63. The molecule has 6 heteroatoms. The molecule has 0 aromatic heterocycles. The van der Waals surface area contributed by atoms with E-state index in [1.54, 1.807) is 37.4 Å². The lowest BCUT2D eigenvalue weighted by Gasteiger charge is -2.13. The van der Waals surface area contributed by atoms with E-state index >= 15 is 0 Å². The Morgan fingerprint density at radius 2 is 1.65 bits per heavy atom. The van der Waals surface area contributed by atoms with Gasteiger partial charge in [0.2, 0.25) is 0 Å². The van der Waals surface area contributed by atoms with E-state index in [4.69, 9.17) is 9.47 Å². The van der Waals surface area contributed by atoms with Crippen LogP contribution >= 0.6 is 0 Å². The van der Waals surface area contributed by atoms with E-state index in [1.165, 1.54) is 26.4 Å². The Morgan fingerprint density at radius 1 is 0.923 bits per heavy atom. The summed E-state index contributed by atoms with van der Waals surface area (Å²) in [6, 6.07) is 12.0. The maximum atomic E-state index is 12.6. The first-order valence-corrected chi connectivity index (χ1v) is 10.3. The molecule has 2 rings (SSSR count). The number of hydrogen-bond donors (Lipinski definition) is 1. The van der Waals surface area contributed by atoms with Crippen LogP contribution in [-0.4, -0.2) is 22.6 Å². The predicted molar refractivity (Wildman–Crippen MR) is 105 cm³/mol. The first-order chi connectivity index (χ1) is 12.5. The molecule has 2 aromatic carbocycles. The molecule has 0 bridgehead atoms. The summed E-state index contributed by atoms with van der Waals surface area (Å²) in [6.07, 6.45) is 5.74. The fourth-order valence-corrected chi connectivity index (χ4v) is 3.75. The van der Waals surface area contributed by atoms with E-state index in [0.29, 0.717) is 17.2 Å². The van der Waals surface area contributed by atoms with Crippen molar-refractivity contribution < 1.29 is 17.9 Å². The third-order valence-corrected chi connectivity index (χ3v) is 5.59. The number of nitrogens with one attached hydrogen (secondary N) is 1. The minimum atomic E-state index is -3.68. The number of unbranched alkanes of at least 4 members (excludes halogenated alkanes) is 3. The highest BCUT2D eigenvalue weighted by molar-refractivity contribution is 7.92. The van der Waals surface area contributed by atoms with Gasteiger partial charge in [-0.05, 0) is 42.7 Å². The highest BCUT2D eigenvalue weighted by Gasteiger charge is 2.17. The summed E-state index contributed by atoms with van der Waals surface area (Å²) < 4.78 is 38.2. The molecule has 26 heavy (non-hydrogen) atoms. The second-order valence-corrected chi connectivity index (χ2v) is 7.81. The van der Waals surface area contributed by atoms with E-state index in [2.05, 4.69) is 11.6 Å². The third kappa shape index (κ3) is 5.39. The molecule has 0 fully saturated rings. The van der Waals surface area contributed by atoms with Crippen LogP contribution in [0.4, 0.5) is 5.69 Å². The van der Waals surface area contributed by atoms with Crippen LogP contribution in [0, 0.1) is 0 Å². The normalized spacial score (nSPS) is 11.2. The fraction of sp³-hybridized carbons (Fsp3) is 0.400. The van der Waals surface area contributed by atoms with Gasteiger partial charge in [-0.3, -0.25) is 4.72 Å². The lowest BCUT2D eigenvalue weighted by molar-refractivity contribution is 0.395. The molecule has 5 nitrogen and oxygen atoms in total. The number of anilines is 1. The van der Waals surface area contributed by atoms with Crippen molar-refractivity contribution in [1.82, 2.24) is 0 Å². The maximum absolute atomic E-state index is 12.6. The van der Waals surface area contributed by atoms with Gasteiger partial charge in [-0.25, -0.2) is 8.42 Å². The smallest absolute Gasteiger partial charge is 0.262 e. The Kier molecular flexibility index (Phi) is 7.33. The molecule has 0 atom stereocenters. The summed E-state index contributed by atoms with van der Waals surface area (Å²) >= 11 is 0. The van der Waals surface area contributed by atoms with Gasteiger partial charge in [0, 0.05) is 6.07 Å². The zero-order valence-electron chi connectivity index (χ0n) is 15.6. The number of methoxy groups -OCH3 is 2. The van der Waals surface area contributed by atoms with Crippen molar-refractivity contribution in [2.24, 2.45) is 0 Å². The van der Waals surface area contributed by atoms with Crippen molar-refractivity contribution in [2.75, 3.05) is 18.9 Å². The molecule has 0 aliphatic heterocycles. The van der Waals surface area contributed by atoms with E-state index in [-0.39, 0.29) is 4.90 Å². The van der Waals surface area contributed by atoms with Gasteiger partial charge in [-0.2, -0.15) is 0 Å². The van der Waals surface area contributed by atoms with Crippen LogP contribution in [0.25, 0.3) is 0 Å². The second kappa shape index (κ2) is 9.48. The van der Waals surface area contributed by atoms with Gasteiger partial charge in [0.15, 0.2) is 0 Å². The van der Waals surface area contributed by atoms with Crippen LogP contribution in [0.1, 0.15) is 38.2 Å². The Balaban J connectivity index is 2.10. The molecule has 0 unspecified atom stereocenters. The van der Waals surface area contributed by atoms with Crippen LogP contribution in [0.5, 0.6) is 11.5 Å². The highest BCUT2D eigenvalue weighted by atomic mass is 32.2. The molecule has 0 radical (unpaired) electrons. The molecular weight excluding hydrogens is 350 g/mol. The summed E-state index contributed by atoms with van der Waals surface area (Å²) in [6.45, 7) is 2.18. The van der Waals surface area contributed by atoms with E-state index in [9.17, 15) is 8.42 Å². The lowest BCUT2D eigenvalue weighted by atomic mass is 10.1. The standard InChI is InChI=1S/C20H27NO4S/c1-4-5-6-7-8-16-9-12-18(13-10-16)26(22,23)21-19-14-11-17(24-2)15-20(19)25-3/h9-15,21H,4-8H2,1-3H3. The van der Waals surface area contributed by atoms with E-state index < -0.39 is 10.0 Å². The van der Waals surface area contributed by atoms with Crippen molar-refractivity contribution in [3.63, 3.8) is 0 Å². The number of rotatable bonds is 10. The quantitative estimate of drug-likeness (QED) is 0.613. The minimum absolute atomic E-state index is 0.229. The minimum Gasteiger partial charge on any atom is -0.497 e. The molecular formula is C20H27NO4S. The largest absolute Gasteiger partial charge is 0.497 e. The molecule has 142 valence electrons. The summed E-state index contributed by atoms with van der Waals surface area (Å²) in [5.74, 6) is 0.998. The van der Waals surface area contributed by atoms with Crippen LogP contribution in [0.3, 0.4) is 0 Å². The van der Waals surface area contributed by atoms with E-state index in [1.807, 2.05) is 12.1 Å². The van der Waals surface area contributed by atoms with Gasteiger partial charge in [-0.15, -0.1) is 0 Å². The van der Waals surface area contributed by atoms with Gasteiger partial charge in [0.05, 0.1) is 24.8 Å². The number of ether oxygens (including phenoxy) is 2. The zero-order chi connectivity index (χ0) is 19.0. The van der Waals surface area contributed by atoms with Crippen LogP contribution in [0.15, 0.2) is 47.4 Å². The number of benzene rings is 2. The Hall–Kier alpha value is -2.21. The topological polar surface area (TPSA) is 64.6 Å². The first kappa shape index (κ1) is 20.1. The molecule has 0 heterocycles. The number of sulfonamides is 1. The Labute approximate surface area is 156 Å². The summed E-state index contributed by atoms with van der Waals surface area (Å²) in [5.41, 5.74) is 1.53. The van der Waals surface area contributed by atoms with Crippen LogP contribution in [0.2, 0.25) is 0 Å². The summed E-state index contributed by atoms with van der Waals surface area (Å²) in [5, 5.41) is 0. The number of hydrogen-bond acceptors (Lipinski definition) is 4. The molecule has 0 aliphatic carbocycles. The third-order valence-electron chi connectivity index (χ3n) is 4.21. The molecule has 0 spiro atoms. The molecule has 0 amide bonds. The van der Waals surface area contributed by atoms with Crippen molar-refractivity contribution in [1.29, 1.82) is 0 Å². The summed E-state index contributed by atoms with van der Waals surface area (Å²) in [7, 11) is -0.652. The van der Waals surface area contributed by atoms with Gasteiger partial charge in [0.1, 0.15) is 11.5 Å². The average Bonchev–Trinajstić information content (AvgIpc) is 2.65. The van der Waals surface area contributed by atoms with Crippen LogP contribution < -0.4 is 14.2 Å². The summed E-state index contributed by atoms with van der Waals surface area (Å²) in [4.78, 5) is 0.229. The Bertz CT molecular complexity index is 801. The zero-order valence-corrected chi connectivity index (χ0v) is 16.4. The Morgan fingerprint density at radius 3 is 2.27 bits per heavy atom. The van der Waals surface area contributed by atoms with Gasteiger partial charge < -0.3 is 9.47 Å². The van der Waals surface area contributed by atoms with Crippen molar-refractivity contribution >= 4 is 15.7 Å². The molecule has 0 aliphatic rings. The van der Waals surface area contributed by atoms with Crippen LogP contribution in [-0.2, 0) is 16.4 Å². The van der Waals surface area contributed by atoms with Gasteiger partial charge >= 0.3 is 0 Å². The second-order valence-electron chi connectivity index (χ2n) is 6.13. The van der Waals surface area contributed by atoms with Gasteiger partial charge in [-0.1, -0.05) is 38.3 Å². The molecule has 2 aromatic rings.